The Bertz CT molecular complexity index is 393. The lowest BCUT2D eigenvalue weighted by Crippen LogP contribution is -2.27. The molecule has 2 nitrogen and oxygen atoms in total. The van der Waals surface area contributed by atoms with E-state index in [9.17, 15) is 0 Å². The molecule has 0 aliphatic rings. The zero-order chi connectivity index (χ0) is 11.3. The first-order valence-electron chi connectivity index (χ1n) is 4.49. The van der Waals surface area contributed by atoms with Crippen molar-refractivity contribution in [2.45, 2.75) is 19.4 Å². The van der Waals surface area contributed by atoms with Gasteiger partial charge < -0.3 is 0 Å². The van der Waals surface area contributed by atoms with Crippen molar-refractivity contribution in [3.8, 4) is 11.8 Å². The first-order chi connectivity index (χ1) is 7.19. The average Bonchev–Trinajstić information content (AvgIpc) is 2.21. The van der Waals surface area contributed by atoms with Crippen molar-refractivity contribution < 1.29 is 0 Å². The Morgan fingerprint density at radius 2 is 2.20 bits per heavy atom. The van der Waals surface area contributed by atoms with Gasteiger partial charge in [-0.15, -0.1) is 11.8 Å². The lowest BCUT2D eigenvalue weighted by atomic mass is 10.0. The molecule has 1 aromatic rings. The highest BCUT2D eigenvalue weighted by Gasteiger charge is 2.11. The predicted molar refractivity (Wildman–Crippen MR) is 64.6 cm³/mol. The van der Waals surface area contributed by atoms with Crippen LogP contribution in [0.5, 0.6) is 0 Å². The number of hydrazine groups is 1. The van der Waals surface area contributed by atoms with Crippen molar-refractivity contribution in [2.75, 3.05) is 0 Å². The molecule has 0 fully saturated rings. The van der Waals surface area contributed by atoms with Crippen LogP contribution in [0.1, 0.15) is 24.9 Å². The van der Waals surface area contributed by atoms with Crippen LogP contribution < -0.4 is 11.3 Å². The van der Waals surface area contributed by atoms with Crippen LogP contribution in [0.4, 0.5) is 0 Å². The molecule has 0 aromatic heterocycles. The minimum Gasteiger partial charge on any atom is -0.271 e. The smallest absolute Gasteiger partial charge is 0.0583 e. The molecule has 0 aliphatic carbocycles. The minimum atomic E-state index is -0.0674. The fourth-order valence-electron chi connectivity index (χ4n) is 1.25. The van der Waals surface area contributed by atoms with E-state index < -0.39 is 0 Å². The number of hydrogen-bond acceptors (Lipinski definition) is 2. The molecule has 0 saturated carbocycles. The molecule has 1 unspecified atom stereocenters. The van der Waals surface area contributed by atoms with Crippen LogP contribution in [0, 0.1) is 11.8 Å². The predicted octanol–water partition coefficient (Wildman–Crippen LogP) is 2.91. The normalized spacial score (nSPS) is 11.7. The van der Waals surface area contributed by atoms with E-state index in [1.807, 2.05) is 6.07 Å². The van der Waals surface area contributed by atoms with Crippen molar-refractivity contribution in [3.05, 3.63) is 33.8 Å². The summed E-state index contributed by atoms with van der Waals surface area (Å²) in [5.74, 6) is 11.2. The Hall–Kier alpha value is -0.720. The van der Waals surface area contributed by atoms with Gasteiger partial charge in [0.05, 0.1) is 6.04 Å². The van der Waals surface area contributed by atoms with Crippen LogP contribution in [0.3, 0.4) is 0 Å². The van der Waals surface area contributed by atoms with Crippen molar-refractivity contribution in [1.82, 2.24) is 5.43 Å². The lowest BCUT2D eigenvalue weighted by molar-refractivity contribution is 0.568. The third kappa shape index (κ3) is 3.40. The molecule has 4 heteroatoms. The molecule has 0 bridgehead atoms. The van der Waals surface area contributed by atoms with E-state index in [-0.39, 0.29) is 6.04 Å². The first-order valence-corrected chi connectivity index (χ1v) is 5.25. The summed E-state index contributed by atoms with van der Waals surface area (Å²) in [6.45, 7) is 1.79. The SMILES string of the molecule is CC#CCC(NN)c1ccc(Cl)cc1Cl. The van der Waals surface area contributed by atoms with E-state index in [1.165, 1.54) is 0 Å². The maximum absolute atomic E-state index is 6.05. The van der Waals surface area contributed by atoms with Gasteiger partial charge in [0, 0.05) is 16.5 Å². The van der Waals surface area contributed by atoms with Crippen molar-refractivity contribution >= 4 is 23.2 Å². The highest BCUT2D eigenvalue weighted by molar-refractivity contribution is 6.35. The molecule has 0 spiro atoms. The standard InChI is InChI=1S/C11H12Cl2N2/c1-2-3-4-11(15-14)9-6-5-8(12)7-10(9)13/h5-7,11,15H,4,14H2,1H3. The highest BCUT2D eigenvalue weighted by atomic mass is 35.5. The monoisotopic (exact) mass is 242 g/mol. The summed E-state index contributed by atoms with van der Waals surface area (Å²) in [7, 11) is 0. The van der Waals surface area contributed by atoms with Gasteiger partial charge in [0.25, 0.3) is 0 Å². The highest BCUT2D eigenvalue weighted by Crippen LogP contribution is 2.27. The Morgan fingerprint density at radius 1 is 1.47 bits per heavy atom. The van der Waals surface area contributed by atoms with Crippen LogP contribution in [-0.2, 0) is 0 Å². The van der Waals surface area contributed by atoms with Crippen LogP contribution in [0.15, 0.2) is 18.2 Å². The number of halogens is 2. The molecule has 0 radical (unpaired) electrons. The van der Waals surface area contributed by atoms with E-state index in [4.69, 9.17) is 29.0 Å². The fraction of sp³-hybridized carbons (Fsp3) is 0.273. The summed E-state index contributed by atoms with van der Waals surface area (Å²) in [6, 6.07) is 5.27. The summed E-state index contributed by atoms with van der Waals surface area (Å²) in [5.41, 5.74) is 3.59. The van der Waals surface area contributed by atoms with Gasteiger partial charge in [-0.1, -0.05) is 29.3 Å². The molecular formula is C11H12Cl2N2. The molecule has 0 saturated heterocycles. The Labute approximate surface area is 99.7 Å². The second-order valence-electron chi connectivity index (χ2n) is 3.02. The maximum Gasteiger partial charge on any atom is 0.0583 e. The number of nitrogens with two attached hydrogens (primary N) is 1. The molecule has 0 heterocycles. The summed E-state index contributed by atoms with van der Waals surface area (Å²) in [6.07, 6.45) is 0.619. The van der Waals surface area contributed by atoms with Crippen molar-refractivity contribution in [3.63, 3.8) is 0 Å². The van der Waals surface area contributed by atoms with Gasteiger partial charge in [-0.25, -0.2) is 0 Å². The number of rotatable bonds is 3. The van der Waals surface area contributed by atoms with Gasteiger partial charge in [0.1, 0.15) is 0 Å². The van der Waals surface area contributed by atoms with E-state index in [2.05, 4.69) is 17.3 Å². The van der Waals surface area contributed by atoms with Crippen LogP contribution in [-0.4, -0.2) is 0 Å². The summed E-state index contributed by atoms with van der Waals surface area (Å²) in [5, 5.41) is 1.21. The van der Waals surface area contributed by atoms with E-state index >= 15 is 0 Å². The van der Waals surface area contributed by atoms with Gasteiger partial charge in [0.2, 0.25) is 0 Å². The minimum absolute atomic E-state index is 0.0674. The third-order valence-electron chi connectivity index (χ3n) is 2.02. The number of benzene rings is 1. The molecule has 15 heavy (non-hydrogen) atoms. The summed E-state index contributed by atoms with van der Waals surface area (Å²) < 4.78 is 0. The van der Waals surface area contributed by atoms with E-state index in [0.717, 1.165) is 5.56 Å². The second kappa shape index (κ2) is 5.99. The molecule has 80 valence electrons. The number of nitrogens with one attached hydrogen (secondary N) is 1. The van der Waals surface area contributed by atoms with E-state index in [0.29, 0.717) is 16.5 Å². The largest absolute Gasteiger partial charge is 0.271 e. The molecule has 0 aliphatic heterocycles. The fourth-order valence-corrected chi connectivity index (χ4v) is 1.79. The Balaban J connectivity index is 2.94. The van der Waals surface area contributed by atoms with E-state index in [1.54, 1.807) is 19.1 Å². The lowest BCUT2D eigenvalue weighted by Gasteiger charge is -2.15. The molecule has 1 atom stereocenters. The van der Waals surface area contributed by atoms with Crippen molar-refractivity contribution in [1.29, 1.82) is 0 Å². The van der Waals surface area contributed by atoms with Crippen LogP contribution in [0.2, 0.25) is 10.0 Å². The zero-order valence-electron chi connectivity index (χ0n) is 8.35. The maximum atomic E-state index is 6.05. The first kappa shape index (κ1) is 12.4. The molecule has 3 N–H and O–H groups in total. The quantitative estimate of drug-likeness (QED) is 0.486. The molecule has 0 amide bonds. The van der Waals surface area contributed by atoms with Gasteiger partial charge in [-0.2, -0.15) is 0 Å². The Morgan fingerprint density at radius 3 is 2.73 bits per heavy atom. The summed E-state index contributed by atoms with van der Waals surface area (Å²) >= 11 is 11.9. The third-order valence-corrected chi connectivity index (χ3v) is 2.58. The summed E-state index contributed by atoms with van der Waals surface area (Å²) in [4.78, 5) is 0. The van der Waals surface area contributed by atoms with Gasteiger partial charge in [-0.3, -0.25) is 11.3 Å². The second-order valence-corrected chi connectivity index (χ2v) is 3.86. The molecular weight excluding hydrogens is 231 g/mol. The zero-order valence-corrected chi connectivity index (χ0v) is 9.86. The van der Waals surface area contributed by atoms with Crippen LogP contribution >= 0.6 is 23.2 Å². The topological polar surface area (TPSA) is 38.0 Å². The average molecular weight is 243 g/mol. The van der Waals surface area contributed by atoms with Gasteiger partial charge in [0.15, 0.2) is 0 Å². The van der Waals surface area contributed by atoms with Crippen molar-refractivity contribution in [2.24, 2.45) is 5.84 Å². The van der Waals surface area contributed by atoms with Gasteiger partial charge in [-0.05, 0) is 24.6 Å². The van der Waals surface area contributed by atoms with Gasteiger partial charge >= 0.3 is 0 Å². The molecule has 1 rings (SSSR count). The Kier molecular flexibility index (Phi) is 4.93. The van der Waals surface area contributed by atoms with Crippen LogP contribution in [0.25, 0.3) is 0 Å². The molecule has 1 aromatic carbocycles. The number of hydrogen-bond donors (Lipinski definition) is 2.